The summed E-state index contributed by atoms with van der Waals surface area (Å²) in [5.74, 6) is 0.703. The topological polar surface area (TPSA) is 35.5 Å². The maximum atomic E-state index is 11.6. The third-order valence-electron chi connectivity index (χ3n) is 3.31. The van der Waals surface area contributed by atoms with E-state index >= 15 is 0 Å². The number of ether oxygens (including phenoxy) is 2. The van der Waals surface area contributed by atoms with Crippen LogP contribution in [0.3, 0.4) is 0 Å². The number of rotatable bonds is 4. The van der Waals surface area contributed by atoms with E-state index in [0.717, 1.165) is 25.0 Å². The zero-order valence-electron chi connectivity index (χ0n) is 10.6. The maximum Gasteiger partial charge on any atom is 0.309 e. The molecule has 0 saturated carbocycles. The van der Waals surface area contributed by atoms with Gasteiger partial charge in [-0.15, -0.1) is 0 Å². The second kappa shape index (κ2) is 5.71. The van der Waals surface area contributed by atoms with Crippen molar-refractivity contribution in [2.24, 2.45) is 5.92 Å². The largest absolute Gasteiger partial charge is 0.490 e. The first-order valence-electron chi connectivity index (χ1n) is 6.18. The molecule has 3 nitrogen and oxygen atoms in total. The van der Waals surface area contributed by atoms with Crippen molar-refractivity contribution in [1.82, 2.24) is 0 Å². The summed E-state index contributed by atoms with van der Waals surface area (Å²) in [4.78, 5) is 11.6. The van der Waals surface area contributed by atoms with Crippen LogP contribution >= 0.6 is 0 Å². The summed E-state index contributed by atoms with van der Waals surface area (Å²) in [5.41, 5.74) is 2.50. The van der Waals surface area contributed by atoms with Crippen molar-refractivity contribution in [2.45, 2.75) is 19.3 Å². The minimum Gasteiger partial charge on any atom is -0.490 e. The van der Waals surface area contributed by atoms with E-state index in [1.165, 1.54) is 18.2 Å². The van der Waals surface area contributed by atoms with Crippen molar-refractivity contribution in [1.29, 1.82) is 0 Å². The quantitative estimate of drug-likeness (QED) is 0.605. The zero-order valence-corrected chi connectivity index (χ0v) is 10.6. The lowest BCUT2D eigenvalue weighted by Crippen LogP contribution is -2.23. The third-order valence-corrected chi connectivity index (χ3v) is 3.31. The Balaban J connectivity index is 2.13. The molecule has 0 N–H and O–H groups in total. The van der Waals surface area contributed by atoms with Gasteiger partial charge in [-0.05, 0) is 42.5 Å². The molecular formula is C15H18O3. The molecule has 1 atom stereocenters. The van der Waals surface area contributed by atoms with Gasteiger partial charge >= 0.3 is 5.97 Å². The molecule has 18 heavy (non-hydrogen) atoms. The fourth-order valence-corrected chi connectivity index (χ4v) is 2.35. The number of hydrogen-bond acceptors (Lipinski definition) is 3. The monoisotopic (exact) mass is 246 g/mol. The zero-order chi connectivity index (χ0) is 13.0. The SMILES string of the molecule is C=CCOc1ccc2c(c1)CC(C(=O)OC)CC2. The Kier molecular flexibility index (Phi) is 4.03. The molecule has 1 aromatic carbocycles. The molecule has 0 fully saturated rings. The van der Waals surface area contributed by atoms with Crippen LogP contribution in [0.25, 0.3) is 0 Å². The standard InChI is InChI=1S/C15H18O3/c1-3-8-18-14-7-6-11-4-5-12(15(16)17-2)9-13(11)10-14/h3,6-7,10,12H,1,4-5,8-9H2,2H3. The van der Waals surface area contributed by atoms with Crippen LogP contribution in [0.4, 0.5) is 0 Å². The van der Waals surface area contributed by atoms with Gasteiger partial charge in [0.2, 0.25) is 0 Å². The van der Waals surface area contributed by atoms with Crippen LogP contribution in [0.5, 0.6) is 5.75 Å². The summed E-state index contributed by atoms with van der Waals surface area (Å²) in [6.45, 7) is 4.12. The number of esters is 1. The van der Waals surface area contributed by atoms with E-state index in [1.54, 1.807) is 6.08 Å². The van der Waals surface area contributed by atoms with Gasteiger partial charge in [0, 0.05) is 0 Å². The predicted octanol–water partition coefficient (Wildman–Crippen LogP) is 2.53. The molecule has 0 spiro atoms. The van der Waals surface area contributed by atoms with Gasteiger partial charge < -0.3 is 9.47 Å². The highest BCUT2D eigenvalue weighted by atomic mass is 16.5. The van der Waals surface area contributed by atoms with Gasteiger partial charge in [0.15, 0.2) is 0 Å². The first-order valence-corrected chi connectivity index (χ1v) is 6.18. The average Bonchev–Trinajstić information content (AvgIpc) is 2.43. The van der Waals surface area contributed by atoms with Crippen molar-refractivity contribution in [2.75, 3.05) is 13.7 Å². The lowest BCUT2D eigenvalue weighted by Gasteiger charge is -2.23. The van der Waals surface area contributed by atoms with Gasteiger partial charge in [-0.25, -0.2) is 0 Å². The van der Waals surface area contributed by atoms with Gasteiger partial charge in [0.1, 0.15) is 12.4 Å². The molecule has 96 valence electrons. The number of fused-ring (bicyclic) bond motifs is 1. The molecule has 0 bridgehead atoms. The number of carbonyl (C=O) groups excluding carboxylic acids is 1. The van der Waals surface area contributed by atoms with Gasteiger partial charge in [-0.1, -0.05) is 18.7 Å². The van der Waals surface area contributed by atoms with Gasteiger partial charge in [0.25, 0.3) is 0 Å². The highest BCUT2D eigenvalue weighted by Gasteiger charge is 2.25. The van der Waals surface area contributed by atoms with Crippen LogP contribution in [0.15, 0.2) is 30.9 Å². The van der Waals surface area contributed by atoms with Crippen LogP contribution in [0, 0.1) is 5.92 Å². The average molecular weight is 246 g/mol. The molecule has 0 amide bonds. The smallest absolute Gasteiger partial charge is 0.309 e. The predicted molar refractivity (Wildman–Crippen MR) is 69.7 cm³/mol. The van der Waals surface area contributed by atoms with Crippen LogP contribution in [-0.2, 0) is 22.4 Å². The summed E-state index contributed by atoms with van der Waals surface area (Å²) < 4.78 is 10.3. The fourth-order valence-electron chi connectivity index (χ4n) is 2.35. The van der Waals surface area contributed by atoms with Crippen LogP contribution < -0.4 is 4.74 Å². The summed E-state index contributed by atoms with van der Waals surface area (Å²) >= 11 is 0. The molecule has 3 heteroatoms. The fraction of sp³-hybridized carbons (Fsp3) is 0.400. The van der Waals surface area contributed by atoms with Crippen molar-refractivity contribution in [3.05, 3.63) is 42.0 Å². The maximum absolute atomic E-state index is 11.6. The van der Waals surface area contributed by atoms with E-state index in [1.807, 2.05) is 12.1 Å². The van der Waals surface area contributed by atoms with Crippen molar-refractivity contribution >= 4 is 5.97 Å². The molecule has 0 aromatic heterocycles. The Labute approximate surface area is 107 Å². The normalized spacial score (nSPS) is 17.7. The van der Waals surface area contributed by atoms with E-state index < -0.39 is 0 Å². The summed E-state index contributed by atoms with van der Waals surface area (Å²) in [6.07, 6.45) is 4.26. The number of methoxy groups -OCH3 is 1. The molecule has 1 aliphatic rings. The molecule has 0 saturated heterocycles. The Morgan fingerprint density at radius 3 is 3.06 bits per heavy atom. The van der Waals surface area contributed by atoms with Crippen LogP contribution in [-0.4, -0.2) is 19.7 Å². The van der Waals surface area contributed by atoms with E-state index in [2.05, 4.69) is 12.6 Å². The van der Waals surface area contributed by atoms with E-state index in [4.69, 9.17) is 9.47 Å². The van der Waals surface area contributed by atoms with Crippen molar-refractivity contribution in [3.8, 4) is 5.75 Å². The lowest BCUT2D eigenvalue weighted by atomic mass is 9.84. The molecule has 0 radical (unpaired) electrons. The Bertz CT molecular complexity index is 451. The Morgan fingerprint density at radius 2 is 2.33 bits per heavy atom. The molecule has 1 aromatic rings. The summed E-state index contributed by atoms with van der Waals surface area (Å²) in [7, 11) is 1.45. The Morgan fingerprint density at radius 1 is 1.50 bits per heavy atom. The van der Waals surface area contributed by atoms with Gasteiger partial charge in [-0.3, -0.25) is 4.79 Å². The second-order valence-corrected chi connectivity index (χ2v) is 4.49. The molecule has 1 unspecified atom stereocenters. The second-order valence-electron chi connectivity index (χ2n) is 4.49. The van der Waals surface area contributed by atoms with Crippen LogP contribution in [0.1, 0.15) is 17.5 Å². The van der Waals surface area contributed by atoms with Gasteiger partial charge in [0.05, 0.1) is 13.0 Å². The first kappa shape index (κ1) is 12.7. The van der Waals surface area contributed by atoms with Crippen LogP contribution in [0.2, 0.25) is 0 Å². The number of benzene rings is 1. The molecule has 0 aliphatic heterocycles. The first-order chi connectivity index (χ1) is 8.74. The summed E-state index contributed by atoms with van der Waals surface area (Å²) in [6, 6.07) is 6.08. The molecule has 1 aliphatic carbocycles. The molecule has 0 heterocycles. The van der Waals surface area contributed by atoms with E-state index in [-0.39, 0.29) is 11.9 Å². The molecule has 2 rings (SSSR count). The minimum absolute atomic E-state index is 0.0165. The molecular weight excluding hydrogens is 228 g/mol. The summed E-state index contributed by atoms with van der Waals surface area (Å²) in [5, 5.41) is 0. The van der Waals surface area contributed by atoms with E-state index in [9.17, 15) is 4.79 Å². The highest BCUT2D eigenvalue weighted by molar-refractivity contribution is 5.73. The number of aryl methyl sites for hydroxylation is 1. The highest BCUT2D eigenvalue weighted by Crippen LogP contribution is 2.29. The Hall–Kier alpha value is -1.77. The van der Waals surface area contributed by atoms with Gasteiger partial charge in [-0.2, -0.15) is 0 Å². The van der Waals surface area contributed by atoms with Crippen molar-refractivity contribution < 1.29 is 14.3 Å². The number of hydrogen-bond donors (Lipinski definition) is 0. The van der Waals surface area contributed by atoms with E-state index in [0.29, 0.717) is 6.61 Å². The third kappa shape index (κ3) is 2.73. The lowest BCUT2D eigenvalue weighted by molar-refractivity contribution is -0.145. The number of carbonyl (C=O) groups is 1. The minimum atomic E-state index is -0.113. The van der Waals surface area contributed by atoms with Crippen molar-refractivity contribution in [3.63, 3.8) is 0 Å².